The average Bonchev–Trinajstić information content (AvgIpc) is 2.67. The maximum atomic E-state index is 6.09. The number of hydrogen-bond acceptors (Lipinski definition) is 2. The summed E-state index contributed by atoms with van der Waals surface area (Å²) in [5.74, 6) is 0. The van der Waals surface area contributed by atoms with E-state index in [9.17, 15) is 0 Å². The fraction of sp³-hybridized carbons (Fsp3) is 0.500. The van der Waals surface area contributed by atoms with Crippen molar-refractivity contribution in [2.24, 2.45) is 5.41 Å². The van der Waals surface area contributed by atoms with Gasteiger partial charge in [-0.3, -0.25) is 9.67 Å². The van der Waals surface area contributed by atoms with Crippen LogP contribution in [0, 0.1) is 12.3 Å². The third-order valence-electron chi connectivity index (χ3n) is 3.11. The van der Waals surface area contributed by atoms with Crippen LogP contribution >= 0.6 is 11.6 Å². The monoisotopic (exact) mass is 291 g/mol. The molecule has 2 aromatic heterocycles. The molecule has 0 radical (unpaired) electrons. The van der Waals surface area contributed by atoms with Crippen molar-refractivity contribution in [3.05, 3.63) is 34.7 Å². The number of pyridine rings is 1. The highest BCUT2D eigenvalue weighted by Crippen LogP contribution is 2.28. The first kappa shape index (κ1) is 15.0. The Labute approximate surface area is 126 Å². The molecule has 4 heteroatoms. The highest BCUT2D eigenvalue weighted by atomic mass is 35.5. The zero-order valence-corrected chi connectivity index (χ0v) is 13.6. The molecule has 0 unspecified atom stereocenters. The number of aromatic nitrogens is 3. The predicted octanol–water partition coefficient (Wildman–Crippen LogP) is 4.52. The normalized spacial score (nSPS) is 11.9. The molecule has 0 aliphatic rings. The van der Waals surface area contributed by atoms with Crippen molar-refractivity contribution in [3.8, 4) is 11.3 Å². The van der Waals surface area contributed by atoms with Gasteiger partial charge in [-0.25, -0.2) is 0 Å². The topological polar surface area (TPSA) is 30.7 Å². The first-order valence-electron chi connectivity index (χ1n) is 6.99. The van der Waals surface area contributed by atoms with E-state index in [-0.39, 0.29) is 5.41 Å². The lowest BCUT2D eigenvalue weighted by molar-refractivity contribution is 0.325. The van der Waals surface area contributed by atoms with Crippen molar-refractivity contribution in [2.45, 2.75) is 47.6 Å². The first-order valence-corrected chi connectivity index (χ1v) is 7.37. The van der Waals surface area contributed by atoms with Crippen molar-refractivity contribution in [3.63, 3.8) is 0 Å². The van der Waals surface area contributed by atoms with Crippen molar-refractivity contribution < 1.29 is 0 Å². The molecule has 0 aromatic carbocycles. The van der Waals surface area contributed by atoms with E-state index >= 15 is 0 Å². The van der Waals surface area contributed by atoms with Crippen molar-refractivity contribution in [1.82, 2.24) is 14.8 Å². The van der Waals surface area contributed by atoms with Gasteiger partial charge in [-0.1, -0.05) is 39.3 Å². The number of aryl methyl sites for hydroxylation is 2. The number of halogens is 1. The Morgan fingerprint density at radius 2 is 2.00 bits per heavy atom. The third kappa shape index (κ3) is 3.40. The summed E-state index contributed by atoms with van der Waals surface area (Å²) in [6.45, 7) is 11.7. The Morgan fingerprint density at radius 1 is 1.30 bits per heavy atom. The molecule has 0 aliphatic heterocycles. The van der Waals surface area contributed by atoms with Gasteiger partial charge < -0.3 is 0 Å². The Morgan fingerprint density at radius 3 is 2.60 bits per heavy atom. The Bertz CT molecular complexity index is 609. The van der Waals surface area contributed by atoms with E-state index in [1.54, 1.807) is 6.20 Å². The second-order valence-electron chi connectivity index (χ2n) is 6.42. The zero-order chi connectivity index (χ0) is 14.9. The van der Waals surface area contributed by atoms with E-state index in [0.717, 1.165) is 35.5 Å². The molecule has 0 saturated heterocycles. The summed E-state index contributed by atoms with van der Waals surface area (Å²) in [6, 6.07) is 1.96. The molecule has 2 rings (SSSR count). The minimum atomic E-state index is 0.204. The highest BCUT2D eigenvalue weighted by Gasteiger charge is 2.16. The Balaban J connectivity index is 2.46. The van der Waals surface area contributed by atoms with E-state index in [0.29, 0.717) is 5.02 Å². The molecule has 0 fully saturated rings. The van der Waals surface area contributed by atoms with Crippen LogP contribution in [0.3, 0.4) is 0 Å². The fourth-order valence-electron chi connectivity index (χ4n) is 2.31. The van der Waals surface area contributed by atoms with Gasteiger partial charge in [0.25, 0.3) is 0 Å². The van der Waals surface area contributed by atoms with Crippen molar-refractivity contribution >= 4 is 11.6 Å². The van der Waals surface area contributed by atoms with Crippen LogP contribution in [0.2, 0.25) is 5.02 Å². The fourth-order valence-corrected chi connectivity index (χ4v) is 2.47. The van der Waals surface area contributed by atoms with E-state index < -0.39 is 0 Å². The minimum absolute atomic E-state index is 0.204. The van der Waals surface area contributed by atoms with Crippen LogP contribution in [0.1, 0.15) is 39.0 Å². The van der Waals surface area contributed by atoms with E-state index in [2.05, 4.69) is 45.8 Å². The van der Waals surface area contributed by atoms with Crippen LogP contribution in [0.5, 0.6) is 0 Å². The van der Waals surface area contributed by atoms with Gasteiger partial charge in [0, 0.05) is 30.2 Å². The lowest BCUT2D eigenvalue weighted by Gasteiger charge is -2.17. The molecule has 108 valence electrons. The minimum Gasteiger partial charge on any atom is -0.271 e. The summed E-state index contributed by atoms with van der Waals surface area (Å²) in [5.41, 5.74) is 4.44. The van der Waals surface area contributed by atoms with Crippen LogP contribution in [0.25, 0.3) is 11.3 Å². The highest BCUT2D eigenvalue weighted by molar-refractivity contribution is 6.30. The first-order chi connectivity index (χ1) is 9.30. The number of hydrogen-bond donors (Lipinski definition) is 0. The Kier molecular flexibility index (Phi) is 4.19. The van der Waals surface area contributed by atoms with Gasteiger partial charge in [-0.05, 0) is 30.4 Å². The molecule has 0 bridgehead atoms. The van der Waals surface area contributed by atoms with Gasteiger partial charge in [0.1, 0.15) is 0 Å². The van der Waals surface area contributed by atoms with E-state index in [4.69, 9.17) is 16.7 Å². The molecule has 0 atom stereocenters. The summed E-state index contributed by atoms with van der Waals surface area (Å²) in [6.07, 6.45) is 4.67. The number of nitrogens with zero attached hydrogens (tertiary/aromatic N) is 3. The van der Waals surface area contributed by atoms with E-state index in [1.807, 2.05) is 10.7 Å². The van der Waals surface area contributed by atoms with Gasteiger partial charge in [-0.2, -0.15) is 5.10 Å². The summed E-state index contributed by atoms with van der Waals surface area (Å²) in [7, 11) is 0. The number of rotatable bonds is 3. The Hall–Kier alpha value is -1.35. The molecule has 2 aromatic rings. The van der Waals surface area contributed by atoms with Crippen molar-refractivity contribution in [1.29, 1.82) is 0 Å². The standard InChI is InChI=1S/C16H22ClN3/c1-6-14-13(7-12(17)8-18-14)15-11(2)9-20(19-15)10-16(3,4)5/h7-9H,6,10H2,1-5H3. The quantitative estimate of drug-likeness (QED) is 0.832. The van der Waals surface area contributed by atoms with Crippen LogP contribution in [0.4, 0.5) is 0 Å². The van der Waals surface area contributed by atoms with Gasteiger partial charge >= 0.3 is 0 Å². The van der Waals surface area contributed by atoms with Crippen molar-refractivity contribution in [2.75, 3.05) is 0 Å². The maximum Gasteiger partial charge on any atom is 0.0971 e. The lowest BCUT2D eigenvalue weighted by atomic mass is 9.97. The van der Waals surface area contributed by atoms with E-state index in [1.165, 1.54) is 0 Å². The molecule has 0 amide bonds. The molecule has 20 heavy (non-hydrogen) atoms. The molecular weight excluding hydrogens is 270 g/mol. The summed E-state index contributed by atoms with van der Waals surface area (Å²) in [5, 5.41) is 5.39. The summed E-state index contributed by atoms with van der Waals surface area (Å²) >= 11 is 6.09. The molecule has 0 aliphatic carbocycles. The lowest BCUT2D eigenvalue weighted by Crippen LogP contribution is -2.15. The second-order valence-corrected chi connectivity index (χ2v) is 6.86. The maximum absolute atomic E-state index is 6.09. The van der Waals surface area contributed by atoms with Crippen LogP contribution in [-0.2, 0) is 13.0 Å². The molecule has 2 heterocycles. The smallest absolute Gasteiger partial charge is 0.0971 e. The average molecular weight is 292 g/mol. The summed E-state index contributed by atoms with van der Waals surface area (Å²) < 4.78 is 2.02. The van der Waals surface area contributed by atoms with Crippen LogP contribution in [-0.4, -0.2) is 14.8 Å². The van der Waals surface area contributed by atoms with Gasteiger partial charge in [0.05, 0.1) is 10.7 Å². The summed E-state index contributed by atoms with van der Waals surface area (Å²) in [4.78, 5) is 4.42. The third-order valence-corrected chi connectivity index (χ3v) is 3.31. The zero-order valence-electron chi connectivity index (χ0n) is 12.9. The largest absolute Gasteiger partial charge is 0.271 e. The molecule has 0 N–H and O–H groups in total. The van der Waals surface area contributed by atoms with Gasteiger partial charge in [-0.15, -0.1) is 0 Å². The van der Waals surface area contributed by atoms with Gasteiger partial charge in [0.2, 0.25) is 0 Å². The van der Waals surface area contributed by atoms with Crippen LogP contribution < -0.4 is 0 Å². The molecular formula is C16H22ClN3. The van der Waals surface area contributed by atoms with Gasteiger partial charge in [0.15, 0.2) is 0 Å². The second kappa shape index (κ2) is 5.57. The molecule has 3 nitrogen and oxygen atoms in total. The van der Waals surface area contributed by atoms with Crippen LogP contribution in [0.15, 0.2) is 18.5 Å². The molecule has 0 saturated carbocycles. The predicted molar refractivity (Wildman–Crippen MR) is 84.0 cm³/mol. The molecule has 0 spiro atoms. The SMILES string of the molecule is CCc1ncc(Cl)cc1-c1nn(CC(C)(C)C)cc1C.